The molecule has 7 heterocycles. The molecule has 0 aromatic carbocycles. The third kappa shape index (κ3) is 6.35. The number of hydrogen-bond donors (Lipinski definition) is 3. The Kier molecular flexibility index (Phi) is 8.79. The van der Waals surface area contributed by atoms with Crippen LogP contribution < -0.4 is 9.80 Å². The third-order valence-corrected chi connectivity index (χ3v) is 9.97. The van der Waals surface area contributed by atoms with Crippen molar-refractivity contribution < 1.29 is 19.8 Å². The van der Waals surface area contributed by atoms with Gasteiger partial charge in [-0.3, -0.25) is 4.57 Å². The topological polar surface area (TPSA) is 197 Å². The first kappa shape index (κ1) is 32.3. The van der Waals surface area contributed by atoms with E-state index in [9.17, 15) is 14.7 Å². The molecule has 0 bridgehead atoms. The monoisotopic (exact) mass is 776 g/mol. The molecule has 5 aromatic rings. The number of nitrogens with zero attached hydrogens (tertiary/aromatic N) is 11. The molecular weight excluding hydrogens is 743 g/mol. The van der Waals surface area contributed by atoms with E-state index in [1.165, 1.54) is 34.5 Å². The van der Waals surface area contributed by atoms with Gasteiger partial charge in [-0.05, 0) is 66.0 Å². The summed E-state index contributed by atoms with van der Waals surface area (Å²) in [5.41, 5.74) is 3.41. The molecule has 0 radical (unpaired) electrons. The van der Waals surface area contributed by atoms with Crippen LogP contribution in [0, 0.1) is 14.9 Å². The first-order valence-corrected chi connectivity index (χ1v) is 17.0. The van der Waals surface area contributed by atoms with Crippen LogP contribution in [0.5, 0.6) is 0 Å². The highest BCUT2D eigenvalue weighted by atomic mass is 127. The molecule has 49 heavy (non-hydrogen) atoms. The van der Waals surface area contributed by atoms with E-state index in [-0.39, 0.29) is 6.04 Å². The number of aromatic nitrogens is 7. The Morgan fingerprint density at radius 2 is 1.65 bits per heavy atom. The normalized spacial score (nSPS) is 17.9. The molecule has 8 rings (SSSR count). The van der Waals surface area contributed by atoms with E-state index in [1.54, 1.807) is 24.7 Å². The molecule has 2 amide bonds. The van der Waals surface area contributed by atoms with Crippen molar-refractivity contribution in [1.82, 2.24) is 44.3 Å². The van der Waals surface area contributed by atoms with Gasteiger partial charge in [-0.15, -0.1) is 0 Å². The highest BCUT2D eigenvalue weighted by Crippen LogP contribution is 2.44. The van der Waals surface area contributed by atoms with Gasteiger partial charge in [0.05, 0.1) is 22.4 Å². The number of fused-ring (bicyclic) bond motifs is 2. The van der Waals surface area contributed by atoms with E-state index in [0.29, 0.717) is 68.8 Å². The van der Waals surface area contributed by atoms with Crippen molar-refractivity contribution in [3.8, 4) is 11.9 Å². The van der Waals surface area contributed by atoms with Crippen LogP contribution in [-0.4, -0.2) is 119 Å². The Balaban J connectivity index is 0.000000160. The van der Waals surface area contributed by atoms with Gasteiger partial charge in [0.25, 0.3) is 0 Å². The fourth-order valence-electron chi connectivity index (χ4n) is 6.50. The lowest BCUT2D eigenvalue weighted by molar-refractivity contribution is 0.136. The van der Waals surface area contributed by atoms with Gasteiger partial charge in [0.1, 0.15) is 35.8 Å². The first-order chi connectivity index (χ1) is 23.7. The van der Waals surface area contributed by atoms with Crippen molar-refractivity contribution in [1.29, 1.82) is 5.26 Å². The minimum Gasteiger partial charge on any atom is -0.465 e. The number of pyridine rings is 1. The minimum atomic E-state index is -0.900. The molecule has 17 heteroatoms. The first-order valence-electron chi connectivity index (χ1n) is 15.9. The van der Waals surface area contributed by atoms with Crippen molar-refractivity contribution in [3.63, 3.8) is 0 Å². The second kappa shape index (κ2) is 13.3. The molecule has 252 valence electrons. The van der Waals surface area contributed by atoms with Crippen molar-refractivity contribution in [2.24, 2.45) is 0 Å². The molecule has 5 aromatic heterocycles. The third-order valence-electron chi connectivity index (χ3n) is 9.16. The van der Waals surface area contributed by atoms with Crippen LogP contribution in [0.25, 0.3) is 27.9 Å². The zero-order valence-corrected chi connectivity index (χ0v) is 28.7. The van der Waals surface area contributed by atoms with Crippen molar-refractivity contribution >= 4 is 68.5 Å². The number of carbonyl (C=O) groups is 2. The molecule has 3 aliphatic rings. The van der Waals surface area contributed by atoms with Gasteiger partial charge in [-0.1, -0.05) is 0 Å². The Labute approximate surface area is 294 Å². The van der Waals surface area contributed by atoms with E-state index < -0.39 is 12.2 Å². The summed E-state index contributed by atoms with van der Waals surface area (Å²) < 4.78 is 2.81. The van der Waals surface area contributed by atoms with Gasteiger partial charge >= 0.3 is 12.2 Å². The number of piperazine rings is 2. The SMILES string of the molecule is CC1CN(C(=O)O)CCN1c1ncnc2c1c(I)cn2-c1cc(C#N)ccn1.O=C(O)N1CCN(c2ncnc3[nH]cc(C4CC4)c23)CC1. The number of halogens is 1. The molecule has 1 atom stereocenters. The summed E-state index contributed by atoms with van der Waals surface area (Å²) in [6.45, 7) is 5.78. The quantitative estimate of drug-likeness (QED) is 0.221. The largest absolute Gasteiger partial charge is 0.465 e. The number of amides is 2. The summed E-state index contributed by atoms with van der Waals surface area (Å²) in [7, 11) is 0. The molecule has 2 aliphatic heterocycles. The molecule has 3 fully saturated rings. The Morgan fingerprint density at radius 1 is 0.939 bits per heavy atom. The van der Waals surface area contributed by atoms with Gasteiger partial charge in [-0.25, -0.2) is 34.5 Å². The molecule has 3 N–H and O–H groups in total. The predicted molar refractivity (Wildman–Crippen MR) is 188 cm³/mol. The summed E-state index contributed by atoms with van der Waals surface area (Å²) in [5, 5.41) is 29.5. The molecule has 1 unspecified atom stereocenters. The lowest BCUT2D eigenvalue weighted by Gasteiger charge is -2.39. The summed E-state index contributed by atoms with van der Waals surface area (Å²) in [6, 6.07) is 5.48. The number of nitrogens with one attached hydrogen (secondary N) is 1. The van der Waals surface area contributed by atoms with Crippen molar-refractivity contribution in [3.05, 3.63) is 58.1 Å². The Hall–Kier alpha value is -5.25. The van der Waals surface area contributed by atoms with E-state index in [0.717, 1.165) is 31.6 Å². The van der Waals surface area contributed by atoms with Crippen LogP contribution in [0.1, 0.15) is 36.8 Å². The van der Waals surface area contributed by atoms with E-state index in [1.807, 2.05) is 23.9 Å². The fraction of sp³-hybridized carbons (Fsp3) is 0.375. The van der Waals surface area contributed by atoms with Crippen LogP contribution in [0.3, 0.4) is 0 Å². The maximum atomic E-state index is 11.3. The Bertz CT molecular complexity index is 2080. The molecule has 2 saturated heterocycles. The van der Waals surface area contributed by atoms with Gasteiger partial charge in [0.2, 0.25) is 0 Å². The lowest BCUT2D eigenvalue weighted by Crippen LogP contribution is -2.53. The number of aromatic amines is 1. The second-order valence-electron chi connectivity index (χ2n) is 12.2. The maximum Gasteiger partial charge on any atom is 0.407 e. The molecule has 1 saturated carbocycles. The standard InChI is InChI=1S/C18H16IN7O2.C14H17N5O2/c1-11-8-24(18(27)28)4-5-25(11)16-15-13(19)9-26(17(15)23-10-22-16)14-6-12(7-20)2-3-21-14;20-14(21)19-5-3-18(4-6-19)13-11-10(9-1-2-9)7-15-12(11)16-8-17-13/h2-3,6,9-11H,4-5,8H2,1H3,(H,27,28);7-9H,1-6H2,(H,20,21)(H,15,16,17). The number of carboxylic acid groups (broad SMARTS) is 2. The minimum absolute atomic E-state index is 0.0119. The van der Waals surface area contributed by atoms with Crippen molar-refractivity contribution in [2.75, 3.05) is 55.6 Å². The van der Waals surface area contributed by atoms with E-state index >= 15 is 0 Å². The number of anilines is 2. The molecule has 1 aliphatic carbocycles. The smallest absolute Gasteiger partial charge is 0.407 e. The maximum absolute atomic E-state index is 11.3. The second-order valence-corrected chi connectivity index (χ2v) is 13.4. The average Bonchev–Trinajstić information content (AvgIpc) is 3.78. The van der Waals surface area contributed by atoms with E-state index in [4.69, 9.17) is 10.4 Å². The lowest BCUT2D eigenvalue weighted by atomic mass is 10.1. The van der Waals surface area contributed by atoms with Crippen LogP contribution in [-0.2, 0) is 0 Å². The van der Waals surface area contributed by atoms with E-state index in [2.05, 4.69) is 68.4 Å². The number of H-pyrrole nitrogens is 1. The fourth-order valence-corrected chi connectivity index (χ4v) is 7.26. The average molecular weight is 777 g/mol. The Morgan fingerprint density at radius 3 is 2.35 bits per heavy atom. The van der Waals surface area contributed by atoms with Gasteiger partial charge in [-0.2, -0.15) is 5.26 Å². The zero-order valence-electron chi connectivity index (χ0n) is 26.6. The molecular formula is C32H33IN12O4. The van der Waals surface area contributed by atoms with Crippen molar-refractivity contribution in [2.45, 2.75) is 31.7 Å². The number of nitriles is 1. The number of hydrogen-bond acceptors (Lipinski definition) is 10. The summed E-state index contributed by atoms with van der Waals surface area (Å²) in [4.78, 5) is 54.8. The molecule has 16 nitrogen and oxygen atoms in total. The van der Waals surface area contributed by atoms with Crippen LogP contribution in [0.4, 0.5) is 21.2 Å². The zero-order chi connectivity index (χ0) is 34.2. The summed E-state index contributed by atoms with van der Waals surface area (Å²) >= 11 is 2.24. The summed E-state index contributed by atoms with van der Waals surface area (Å²) in [6.07, 6.45) is 9.37. The molecule has 0 spiro atoms. The van der Waals surface area contributed by atoms with Crippen LogP contribution in [0.2, 0.25) is 0 Å². The van der Waals surface area contributed by atoms with Gasteiger partial charge < -0.3 is 34.8 Å². The highest BCUT2D eigenvalue weighted by Gasteiger charge is 2.31. The highest BCUT2D eigenvalue weighted by molar-refractivity contribution is 14.1. The van der Waals surface area contributed by atoms with Crippen LogP contribution in [0.15, 0.2) is 43.4 Å². The van der Waals surface area contributed by atoms with Gasteiger partial charge in [0.15, 0.2) is 5.65 Å². The number of rotatable bonds is 4. The van der Waals surface area contributed by atoms with Gasteiger partial charge in [0, 0.05) is 74.0 Å². The predicted octanol–water partition coefficient (Wildman–Crippen LogP) is 4.12. The summed E-state index contributed by atoms with van der Waals surface area (Å²) in [5.74, 6) is 2.96. The van der Waals surface area contributed by atoms with Crippen LogP contribution >= 0.6 is 22.6 Å².